The molecule has 4 rings (SSSR count). The number of ketones is 1. The number of nitrogens with one attached hydrogen (secondary N) is 1. The van der Waals surface area contributed by atoms with Crippen LogP contribution in [0.1, 0.15) is 5.56 Å². The van der Waals surface area contributed by atoms with Crippen molar-refractivity contribution in [2.24, 2.45) is 0 Å². The standard InChI is InChI=1S/C30H25N2O3P/c31-21-29(28(33)22-32-30(34)35-23-24-13-5-1-6-14-24)36(25-15-7-2-8-16-25,26-17-9-3-10-18-26)27-19-11-4-12-20-27/h1-20H,22-23H2,(H,32,34). The molecular formula is C30H25N2O3P. The third kappa shape index (κ3) is 5.30. The number of Topliss-reactive ketones (excluding diaryl/α,β-unsaturated/α-hetero) is 1. The number of alkyl carbamates (subject to hydrolysis) is 1. The molecule has 0 aromatic heterocycles. The summed E-state index contributed by atoms with van der Waals surface area (Å²) in [6, 6.07) is 40.5. The lowest BCUT2D eigenvalue weighted by Crippen LogP contribution is -2.38. The number of benzene rings is 4. The molecule has 4 aromatic carbocycles. The lowest BCUT2D eigenvalue weighted by atomic mass is 10.2. The van der Waals surface area contributed by atoms with Gasteiger partial charge in [0.05, 0.1) is 6.54 Å². The SMILES string of the molecule is N#CC(C(=O)CNC(=O)OCc1ccccc1)=P(c1ccccc1)(c1ccccc1)c1ccccc1. The van der Waals surface area contributed by atoms with Gasteiger partial charge in [-0.25, -0.2) is 4.79 Å². The second-order valence-corrected chi connectivity index (χ2v) is 11.3. The van der Waals surface area contributed by atoms with Gasteiger partial charge in [0.25, 0.3) is 0 Å². The normalized spacial score (nSPS) is 10.6. The van der Waals surface area contributed by atoms with E-state index in [0.717, 1.165) is 21.5 Å². The van der Waals surface area contributed by atoms with Gasteiger partial charge in [0.2, 0.25) is 0 Å². The first-order valence-electron chi connectivity index (χ1n) is 11.5. The van der Waals surface area contributed by atoms with E-state index in [2.05, 4.69) is 11.4 Å². The van der Waals surface area contributed by atoms with E-state index in [0.29, 0.717) is 0 Å². The molecule has 0 bridgehead atoms. The van der Waals surface area contributed by atoms with Crippen LogP contribution in [-0.4, -0.2) is 23.7 Å². The van der Waals surface area contributed by atoms with Gasteiger partial charge in [-0.1, -0.05) is 121 Å². The Kier molecular flexibility index (Phi) is 8.13. The zero-order chi connectivity index (χ0) is 25.2. The molecule has 0 radical (unpaired) electrons. The summed E-state index contributed by atoms with van der Waals surface area (Å²) in [6.07, 6.45) is -0.715. The van der Waals surface area contributed by atoms with Crippen LogP contribution in [-0.2, 0) is 16.1 Å². The van der Waals surface area contributed by atoms with Crippen LogP contribution >= 0.6 is 6.89 Å². The number of rotatable bonds is 8. The Morgan fingerprint density at radius 3 is 1.53 bits per heavy atom. The van der Waals surface area contributed by atoms with Gasteiger partial charge in [-0.3, -0.25) is 4.79 Å². The molecule has 0 unspecified atom stereocenters. The van der Waals surface area contributed by atoms with E-state index in [1.807, 2.05) is 121 Å². The van der Waals surface area contributed by atoms with Gasteiger partial charge in [-0.05, 0) is 28.4 Å². The van der Waals surface area contributed by atoms with Crippen LogP contribution < -0.4 is 21.2 Å². The van der Waals surface area contributed by atoms with Crippen molar-refractivity contribution in [3.05, 3.63) is 127 Å². The molecule has 0 atom stereocenters. The van der Waals surface area contributed by atoms with Gasteiger partial charge in [0, 0.05) is 0 Å². The van der Waals surface area contributed by atoms with Gasteiger partial charge in [0.1, 0.15) is 18.0 Å². The fraction of sp³-hybridized carbons (Fsp3) is 0.0667. The number of nitriles is 1. The number of ether oxygens (including phenoxy) is 1. The number of hydrogen-bond donors (Lipinski definition) is 1. The van der Waals surface area contributed by atoms with Gasteiger partial charge >= 0.3 is 6.09 Å². The summed E-state index contributed by atoms with van der Waals surface area (Å²) in [5.74, 6) is -0.445. The van der Waals surface area contributed by atoms with Gasteiger partial charge in [0.15, 0.2) is 5.78 Å². The van der Waals surface area contributed by atoms with Crippen LogP contribution in [0.3, 0.4) is 0 Å². The van der Waals surface area contributed by atoms with Gasteiger partial charge in [-0.2, -0.15) is 5.26 Å². The summed E-state index contributed by atoms with van der Waals surface area (Å²) in [7, 11) is 0. The zero-order valence-corrected chi connectivity index (χ0v) is 20.5. The quantitative estimate of drug-likeness (QED) is 0.375. The lowest BCUT2D eigenvalue weighted by Gasteiger charge is -2.30. The van der Waals surface area contributed by atoms with Crippen LogP contribution in [0.15, 0.2) is 121 Å². The second kappa shape index (κ2) is 11.8. The van der Waals surface area contributed by atoms with Crippen molar-refractivity contribution < 1.29 is 14.3 Å². The molecule has 0 aliphatic carbocycles. The van der Waals surface area contributed by atoms with Crippen LogP contribution in [0.25, 0.3) is 0 Å². The molecule has 5 nitrogen and oxygen atoms in total. The smallest absolute Gasteiger partial charge is 0.407 e. The van der Waals surface area contributed by atoms with Crippen molar-refractivity contribution in [2.75, 3.05) is 6.54 Å². The number of carbonyl (C=O) groups excluding carboxylic acids is 2. The molecule has 36 heavy (non-hydrogen) atoms. The summed E-state index contributed by atoms with van der Waals surface area (Å²) in [4.78, 5) is 25.9. The van der Waals surface area contributed by atoms with Crippen LogP contribution in [0.5, 0.6) is 0 Å². The Hall–Kier alpha value is -4.39. The Morgan fingerprint density at radius 2 is 1.11 bits per heavy atom. The third-order valence-corrected chi connectivity index (χ3v) is 9.98. The lowest BCUT2D eigenvalue weighted by molar-refractivity contribution is -0.111. The van der Waals surface area contributed by atoms with E-state index in [9.17, 15) is 14.9 Å². The second-order valence-electron chi connectivity index (χ2n) is 7.98. The molecule has 4 aromatic rings. The van der Waals surface area contributed by atoms with E-state index >= 15 is 0 Å². The van der Waals surface area contributed by atoms with Crippen LogP contribution in [0.2, 0.25) is 0 Å². The first-order valence-corrected chi connectivity index (χ1v) is 13.3. The zero-order valence-electron chi connectivity index (χ0n) is 19.6. The van der Waals surface area contributed by atoms with E-state index in [4.69, 9.17) is 4.74 Å². The Morgan fingerprint density at radius 1 is 0.694 bits per heavy atom. The highest BCUT2D eigenvalue weighted by molar-refractivity contribution is 7.97. The largest absolute Gasteiger partial charge is 0.445 e. The summed E-state index contributed by atoms with van der Waals surface area (Å²) in [5, 5.41) is 15.7. The number of hydrogen-bond acceptors (Lipinski definition) is 4. The molecule has 1 N–H and O–H groups in total. The maximum Gasteiger partial charge on any atom is 0.407 e. The van der Waals surface area contributed by atoms with Crippen molar-refractivity contribution >= 4 is 40.0 Å². The number of amides is 1. The van der Waals surface area contributed by atoms with Crippen molar-refractivity contribution in [1.82, 2.24) is 5.32 Å². The molecule has 0 saturated heterocycles. The Balaban J connectivity index is 1.76. The fourth-order valence-electron chi connectivity index (χ4n) is 4.12. The van der Waals surface area contributed by atoms with Crippen molar-refractivity contribution in [2.45, 2.75) is 6.61 Å². The number of nitrogens with zero attached hydrogens (tertiary/aromatic N) is 1. The molecule has 0 spiro atoms. The highest BCUT2D eigenvalue weighted by Crippen LogP contribution is 2.46. The minimum absolute atomic E-state index is 0.0880. The molecular weight excluding hydrogens is 467 g/mol. The molecule has 0 saturated carbocycles. The van der Waals surface area contributed by atoms with Gasteiger partial charge < -0.3 is 10.1 Å². The third-order valence-electron chi connectivity index (χ3n) is 5.74. The maximum absolute atomic E-state index is 13.6. The van der Waals surface area contributed by atoms with E-state index < -0.39 is 18.8 Å². The number of carbonyl (C=O) groups is 2. The molecule has 6 heteroatoms. The highest BCUT2D eigenvalue weighted by atomic mass is 31.2. The minimum Gasteiger partial charge on any atom is -0.445 e. The summed E-state index contributed by atoms with van der Waals surface area (Å²) in [6.45, 7) is -3.08. The molecule has 0 heterocycles. The Bertz CT molecular complexity index is 1310. The van der Waals surface area contributed by atoms with Crippen LogP contribution in [0, 0.1) is 11.3 Å². The van der Waals surface area contributed by atoms with E-state index in [1.54, 1.807) is 0 Å². The molecule has 0 aliphatic heterocycles. The monoisotopic (exact) mass is 492 g/mol. The molecule has 0 fully saturated rings. The predicted octanol–water partition coefficient (Wildman–Crippen LogP) is 4.17. The predicted molar refractivity (Wildman–Crippen MR) is 145 cm³/mol. The van der Waals surface area contributed by atoms with Gasteiger partial charge in [-0.15, -0.1) is 0 Å². The highest BCUT2D eigenvalue weighted by Gasteiger charge is 2.33. The van der Waals surface area contributed by atoms with Crippen molar-refractivity contribution in [3.63, 3.8) is 0 Å². The van der Waals surface area contributed by atoms with Crippen LogP contribution in [0.4, 0.5) is 4.79 Å². The van der Waals surface area contributed by atoms with Crippen molar-refractivity contribution in [3.8, 4) is 6.07 Å². The molecule has 0 aliphatic rings. The maximum atomic E-state index is 13.6. The topological polar surface area (TPSA) is 79.2 Å². The summed E-state index contributed by atoms with van der Waals surface area (Å²) >= 11 is 0. The molecule has 1 amide bonds. The Labute approximate surface area is 211 Å². The van der Waals surface area contributed by atoms with E-state index in [1.165, 1.54) is 0 Å². The first-order chi connectivity index (χ1) is 17.7. The van der Waals surface area contributed by atoms with E-state index in [-0.39, 0.29) is 18.4 Å². The average molecular weight is 493 g/mol. The molecule has 178 valence electrons. The van der Waals surface area contributed by atoms with Crippen molar-refractivity contribution in [1.29, 1.82) is 5.26 Å². The first kappa shape index (κ1) is 24.7. The summed E-state index contributed by atoms with van der Waals surface area (Å²) < 4.78 is 5.25. The fourth-order valence-corrected chi connectivity index (χ4v) is 8.25. The minimum atomic E-state index is -2.83. The summed E-state index contributed by atoms with van der Waals surface area (Å²) in [5.41, 5.74) is 0.838. The average Bonchev–Trinajstić information content (AvgIpc) is 2.95.